The molecule has 24 heavy (non-hydrogen) atoms. The number of rotatable bonds is 6. The number of benzene rings is 2. The lowest BCUT2D eigenvalue weighted by Crippen LogP contribution is -2.44. The number of nitrogens with one attached hydrogen (secondary N) is 2. The molecule has 0 bridgehead atoms. The molecule has 2 aromatic carbocycles. The molecule has 0 aliphatic rings. The summed E-state index contributed by atoms with van der Waals surface area (Å²) in [7, 11) is 0. The summed E-state index contributed by atoms with van der Waals surface area (Å²) in [6.07, 6.45) is 0.797. The molecule has 0 unspecified atom stereocenters. The summed E-state index contributed by atoms with van der Waals surface area (Å²) in [6.45, 7) is 3.61. The lowest BCUT2D eigenvalue weighted by Gasteiger charge is -2.12. The van der Waals surface area contributed by atoms with E-state index in [0.29, 0.717) is 5.75 Å². The van der Waals surface area contributed by atoms with Crippen LogP contribution in [0.4, 0.5) is 4.79 Å². The van der Waals surface area contributed by atoms with E-state index in [2.05, 4.69) is 10.6 Å². The van der Waals surface area contributed by atoms with Crippen molar-refractivity contribution < 1.29 is 14.3 Å². The number of imide groups is 1. The largest absolute Gasteiger partial charge is 0.484 e. The highest BCUT2D eigenvalue weighted by Gasteiger charge is 2.10. The lowest BCUT2D eigenvalue weighted by molar-refractivity contribution is -0.122. The molecule has 0 aromatic heterocycles. The van der Waals surface area contributed by atoms with Crippen LogP contribution in [0.2, 0.25) is 0 Å². The van der Waals surface area contributed by atoms with Gasteiger partial charge < -0.3 is 10.1 Å². The van der Waals surface area contributed by atoms with Gasteiger partial charge in [-0.3, -0.25) is 10.1 Å². The molecule has 3 amide bonds. The van der Waals surface area contributed by atoms with Gasteiger partial charge in [0, 0.05) is 6.04 Å². The monoisotopic (exact) mass is 326 g/mol. The van der Waals surface area contributed by atoms with Crippen molar-refractivity contribution in [2.75, 3.05) is 6.61 Å². The molecule has 0 saturated carbocycles. The van der Waals surface area contributed by atoms with Gasteiger partial charge in [0.15, 0.2) is 6.61 Å². The molecule has 5 nitrogen and oxygen atoms in total. The minimum absolute atomic E-state index is 0.0178. The van der Waals surface area contributed by atoms with Crippen LogP contribution < -0.4 is 15.4 Å². The number of hydrogen-bond acceptors (Lipinski definition) is 3. The predicted octanol–water partition coefficient (Wildman–Crippen LogP) is 3.36. The Balaban J connectivity index is 1.82. The molecule has 0 saturated heterocycles. The van der Waals surface area contributed by atoms with Crippen LogP contribution in [-0.4, -0.2) is 24.6 Å². The van der Waals surface area contributed by atoms with Crippen molar-refractivity contribution in [1.29, 1.82) is 0 Å². The van der Waals surface area contributed by atoms with E-state index in [9.17, 15) is 9.59 Å². The third-order valence-corrected chi connectivity index (χ3v) is 3.57. The Kier molecular flexibility index (Phi) is 6.37. The first-order chi connectivity index (χ1) is 11.6. The highest BCUT2D eigenvalue weighted by Crippen LogP contribution is 2.21. The van der Waals surface area contributed by atoms with E-state index in [4.69, 9.17) is 4.74 Å². The second-order valence-electron chi connectivity index (χ2n) is 5.51. The van der Waals surface area contributed by atoms with E-state index in [0.717, 1.165) is 17.5 Å². The maximum Gasteiger partial charge on any atom is 0.321 e. The topological polar surface area (TPSA) is 67.4 Å². The zero-order chi connectivity index (χ0) is 17.4. The Morgan fingerprint density at radius 1 is 1.00 bits per heavy atom. The first-order valence-electron chi connectivity index (χ1n) is 7.97. The van der Waals surface area contributed by atoms with E-state index < -0.39 is 11.9 Å². The van der Waals surface area contributed by atoms with Crippen molar-refractivity contribution in [1.82, 2.24) is 10.6 Å². The minimum atomic E-state index is -0.502. The summed E-state index contributed by atoms with van der Waals surface area (Å²) in [5.74, 6) is 0.0927. The smallest absolute Gasteiger partial charge is 0.321 e. The van der Waals surface area contributed by atoms with Crippen LogP contribution in [-0.2, 0) is 4.79 Å². The molecule has 2 aromatic rings. The van der Waals surface area contributed by atoms with Gasteiger partial charge in [-0.15, -0.1) is 0 Å². The summed E-state index contributed by atoms with van der Waals surface area (Å²) in [4.78, 5) is 23.2. The van der Waals surface area contributed by atoms with Crippen molar-refractivity contribution in [3.8, 4) is 16.9 Å². The van der Waals surface area contributed by atoms with Crippen LogP contribution in [0, 0.1) is 0 Å². The van der Waals surface area contributed by atoms with Gasteiger partial charge in [-0.1, -0.05) is 49.4 Å². The highest BCUT2D eigenvalue weighted by atomic mass is 16.5. The standard InChI is InChI=1S/C19H22N2O3/c1-3-14(2)20-19(23)21-18(22)13-24-17-11-9-16(10-12-17)15-7-5-4-6-8-15/h4-12,14H,3,13H2,1-2H3,(H2,20,21,22,23)/t14-/m1/s1. The van der Waals surface area contributed by atoms with Gasteiger partial charge in [-0.05, 0) is 36.6 Å². The Labute approximate surface area is 142 Å². The quantitative estimate of drug-likeness (QED) is 0.855. The van der Waals surface area contributed by atoms with Crippen LogP contribution >= 0.6 is 0 Å². The van der Waals surface area contributed by atoms with Crippen molar-refractivity contribution in [3.63, 3.8) is 0 Å². The Hall–Kier alpha value is -2.82. The number of amides is 3. The molecule has 0 radical (unpaired) electrons. The molecular weight excluding hydrogens is 304 g/mol. The van der Waals surface area contributed by atoms with E-state index in [-0.39, 0.29) is 12.6 Å². The number of hydrogen-bond donors (Lipinski definition) is 2. The minimum Gasteiger partial charge on any atom is -0.484 e. The normalized spacial score (nSPS) is 11.4. The average Bonchev–Trinajstić information content (AvgIpc) is 2.61. The van der Waals surface area contributed by atoms with Gasteiger partial charge in [0.25, 0.3) is 5.91 Å². The lowest BCUT2D eigenvalue weighted by atomic mass is 10.1. The fourth-order valence-corrected chi connectivity index (χ4v) is 2.05. The number of carbonyl (C=O) groups is 2. The molecule has 5 heteroatoms. The van der Waals surface area contributed by atoms with Gasteiger partial charge in [0.05, 0.1) is 0 Å². The third-order valence-electron chi connectivity index (χ3n) is 3.57. The molecule has 126 valence electrons. The van der Waals surface area contributed by atoms with Crippen molar-refractivity contribution in [3.05, 3.63) is 54.6 Å². The van der Waals surface area contributed by atoms with Gasteiger partial charge >= 0.3 is 6.03 Å². The fraction of sp³-hybridized carbons (Fsp3) is 0.263. The van der Waals surface area contributed by atoms with Crippen molar-refractivity contribution in [2.45, 2.75) is 26.3 Å². The number of ether oxygens (including phenoxy) is 1. The highest BCUT2D eigenvalue weighted by molar-refractivity contribution is 5.95. The summed E-state index contributed by atoms with van der Waals surface area (Å²) in [6, 6.07) is 17.0. The fourth-order valence-electron chi connectivity index (χ4n) is 2.05. The van der Waals surface area contributed by atoms with E-state index in [1.807, 2.05) is 56.3 Å². The second-order valence-corrected chi connectivity index (χ2v) is 5.51. The molecule has 1 atom stereocenters. The molecule has 0 aliphatic carbocycles. The van der Waals surface area contributed by atoms with E-state index in [1.54, 1.807) is 12.1 Å². The molecule has 0 fully saturated rings. The van der Waals surface area contributed by atoms with E-state index >= 15 is 0 Å². The first-order valence-corrected chi connectivity index (χ1v) is 7.97. The Morgan fingerprint density at radius 3 is 2.25 bits per heavy atom. The Bertz CT molecular complexity index is 669. The summed E-state index contributed by atoms with van der Waals surface area (Å²) in [5.41, 5.74) is 2.18. The average molecular weight is 326 g/mol. The first kappa shape index (κ1) is 17.5. The van der Waals surface area contributed by atoms with Crippen LogP contribution in [0.1, 0.15) is 20.3 Å². The molecule has 2 N–H and O–H groups in total. The molecular formula is C19H22N2O3. The summed E-state index contributed by atoms with van der Waals surface area (Å²) in [5, 5.41) is 4.90. The van der Waals surface area contributed by atoms with Gasteiger partial charge in [0.2, 0.25) is 0 Å². The molecule has 0 spiro atoms. The zero-order valence-electron chi connectivity index (χ0n) is 13.9. The molecule has 0 aliphatic heterocycles. The van der Waals surface area contributed by atoms with Gasteiger partial charge in [-0.25, -0.2) is 4.79 Å². The van der Waals surface area contributed by atoms with Gasteiger partial charge in [0.1, 0.15) is 5.75 Å². The molecule has 2 rings (SSSR count). The summed E-state index contributed by atoms with van der Waals surface area (Å²) >= 11 is 0. The maximum atomic E-state index is 11.7. The summed E-state index contributed by atoms with van der Waals surface area (Å²) < 4.78 is 5.40. The van der Waals surface area contributed by atoms with Crippen LogP contribution in [0.3, 0.4) is 0 Å². The van der Waals surface area contributed by atoms with Crippen LogP contribution in [0.15, 0.2) is 54.6 Å². The zero-order valence-corrected chi connectivity index (χ0v) is 13.9. The maximum absolute atomic E-state index is 11.7. The van der Waals surface area contributed by atoms with E-state index in [1.165, 1.54) is 0 Å². The predicted molar refractivity (Wildman–Crippen MR) is 93.8 cm³/mol. The number of urea groups is 1. The van der Waals surface area contributed by atoms with Crippen LogP contribution in [0.5, 0.6) is 5.75 Å². The van der Waals surface area contributed by atoms with Crippen molar-refractivity contribution in [2.24, 2.45) is 0 Å². The second kappa shape index (κ2) is 8.72. The van der Waals surface area contributed by atoms with Crippen LogP contribution in [0.25, 0.3) is 11.1 Å². The van der Waals surface area contributed by atoms with Gasteiger partial charge in [-0.2, -0.15) is 0 Å². The SMILES string of the molecule is CC[C@@H](C)NC(=O)NC(=O)COc1ccc(-c2ccccc2)cc1. The Morgan fingerprint density at radius 2 is 1.62 bits per heavy atom. The third kappa shape index (κ3) is 5.43. The van der Waals surface area contributed by atoms with Crippen molar-refractivity contribution >= 4 is 11.9 Å². The molecule has 0 heterocycles. The number of carbonyl (C=O) groups excluding carboxylic acids is 2.